The van der Waals surface area contributed by atoms with Crippen LogP contribution < -0.4 is 11.1 Å². The number of thioether (sulfide) groups is 1. The number of carbonyl (C=O) groups is 1. The van der Waals surface area contributed by atoms with Crippen LogP contribution in [0.4, 0.5) is 11.4 Å². The van der Waals surface area contributed by atoms with E-state index < -0.39 is 0 Å². The van der Waals surface area contributed by atoms with Crippen LogP contribution in [0.5, 0.6) is 0 Å². The van der Waals surface area contributed by atoms with E-state index in [0.29, 0.717) is 16.9 Å². The van der Waals surface area contributed by atoms with Gasteiger partial charge in [0.1, 0.15) is 0 Å². The van der Waals surface area contributed by atoms with Gasteiger partial charge in [0.25, 0.3) is 5.91 Å². The minimum absolute atomic E-state index is 0.129. The van der Waals surface area contributed by atoms with Crippen molar-refractivity contribution in [1.82, 2.24) is 0 Å². The molecule has 2 rings (SSSR count). The van der Waals surface area contributed by atoms with Crippen LogP contribution >= 0.6 is 11.8 Å². The van der Waals surface area contributed by atoms with Crippen molar-refractivity contribution in [2.45, 2.75) is 11.8 Å². The summed E-state index contributed by atoms with van der Waals surface area (Å²) in [5, 5.41) is 2.84. The summed E-state index contributed by atoms with van der Waals surface area (Å²) in [7, 11) is 0. The standard InChI is InChI=1S/C15H16N2OS/c1-10-3-6-12(9-14(10)16)17-15(18)11-4-7-13(19-2)8-5-11/h3-9H,16H2,1-2H3,(H,17,18). The number of aryl methyl sites for hydroxylation is 1. The lowest BCUT2D eigenvalue weighted by Gasteiger charge is -2.08. The minimum atomic E-state index is -0.129. The Balaban J connectivity index is 2.13. The molecule has 0 bridgehead atoms. The van der Waals surface area contributed by atoms with Gasteiger partial charge in [-0.25, -0.2) is 0 Å². The first kappa shape index (κ1) is 13.5. The molecule has 3 nitrogen and oxygen atoms in total. The number of nitrogens with two attached hydrogens (primary N) is 1. The van der Waals surface area contributed by atoms with Gasteiger partial charge in [-0.2, -0.15) is 0 Å². The minimum Gasteiger partial charge on any atom is -0.398 e. The van der Waals surface area contributed by atoms with Crippen molar-refractivity contribution in [3.8, 4) is 0 Å². The fourth-order valence-electron chi connectivity index (χ4n) is 1.66. The summed E-state index contributed by atoms with van der Waals surface area (Å²) in [6.45, 7) is 1.93. The van der Waals surface area contributed by atoms with E-state index in [2.05, 4.69) is 5.32 Å². The molecule has 0 atom stereocenters. The van der Waals surface area contributed by atoms with Crippen molar-refractivity contribution < 1.29 is 4.79 Å². The molecule has 98 valence electrons. The van der Waals surface area contributed by atoms with Gasteiger partial charge in [0.05, 0.1) is 0 Å². The van der Waals surface area contributed by atoms with Gasteiger partial charge < -0.3 is 11.1 Å². The van der Waals surface area contributed by atoms with Gasteiger partial charge >= 0.3 is 0 Å². The van der Waals surface area contributed by atoms with E-state index >= 15 is 0 Å². The first-order valence-electron chi connectivity index (χ1n) is 5.91. The monoisotopic (exact) mass is 272 g/mol. The second-order valence-electron chi connectivity index (χ2n) is 4.25. The fourth-order valence-corrected chi connectivity index (χ4v) is 2.07. The number of rotatable bonds is 3. The number of benzene rings is 2. The number of hydrogen-bond acceptors (Lipinski definition) is 3. The fraction of sp³-hybridized carbons (Fsp3) is 0.133. The first-order chi connectivity index (χ1) is 9.10. The number of hydrogen-bond donors (Lipinski definition) is 2. The van der Waals surface area contributed by atoms with E-state index in [9.17, 15) is 4.79 Å². The van der Waals surface area contributed by atoms with E-state index in [4.69, 9.17) is 5.73 Å². The highest BCUT2D eigenvalue weighted by atomic mass is 32.2. The van der Waals surface area contributed by atoms with Crippen LogP contribution in [0.3, 0.4) is 0 Å². The predicted octanol–water partition coefficient (Wildman–Crippen LogP) is 3.55. The summed E-state index contributed by atoms with van der Waals surface area (Å²) in [6, 6.07) is 13.0. The lowest BCUT2D eigenvalue weighted by molar-refractivity contribution is 0.102. The Kier molecular flexibility index (Phi) is 4.12. The first-order valence-corrected chi connectivity index (χ1v) is 7.14. The van der Waals surface area contributed by atoms with Gasteiger partial charge in [-0.1, -0.05) is 6.07 Å². The third-order valence-corrected chi connectivity index (χ3v) is 3.63. The van der Waals surface area contributed by atoms with Gasteiger partial charge in [-0.3, -0.25) is 4.79 Å². The van der Waals surface area contributed by atoms with Crippen LogP contribution in [-0.2, 0) is 0 Å². The average molecular weight is 272 g/mol. The molecular weight excluding hydrogens is 256 g/mol. The van der Waals surface area contributed by atoms with Crippen LogP contribution in [0.25, 0.3) is 0 Å². The predicted molar refractivity (Wildman–Crippen MR) is 81.8 cm³/mol. The lowest BCUT2D eigenvalue weighted by atomic mass is 10.1. The van der Waals surface area contributed by atoms with E-state index in [1.54, 1.807) is 17.8 Å². The van der Waals surface area contributed by atoms with Gasteiger partial charge in [0, 0.05) is 21.8 Å². The number of nitrogen functional groups attached to an aromatic ring is 1. The van der Waals surface area contributed by atoms with Crippen LogP contribution in [0, 0.1) is 6.92 Å². The molecule has 1 amide bonds. The van der Waals surface area contributed by atoms with Gasteiger partial charge in [0.2, 0.25) is 0 Å². The smallest absolute Gasteiger partial charge is 0.255 e. The molecule has 19 heavy (non-hydrogen) atoms. The zero-order chi connectivity index (χ0) is 13.8. The second-order valence-corrected chi connectivity index (χ2v) is 5.13. The van der Waals surface area contributed by atoms with E-state index in [-0.39, 0.29) is 5.91 Å². The lowest BCUT2D eigenvalue weighted by Crippen LogP contribution is -2.12. The van der Waals surface area contributed by atoms with E-state index in [0.717, 1.165) is 10.5 Å². The molecule has 0 saturated carbocycles. The van der Waals surface area contributed by atoms with Crippen molar-refractivity contribution in [2.24, 2.45) is 0 Å². The summed E-state index contributed by atoms with van der Waals surface area (Å²) < 4.78 is 0. The second kappa shape index (κ2) is 5.80. The van der Waals surface area contributed by atoms with E-state index in [1.807, 2.05) is 49.6 Å². The zero-order valence-corrected chi connectivity index (χ0v) is 11.8. The molecule has 0 aromatic heterocycles. The molecule has 0 aliphatic rings. The molecule has 0 heterocycles. The van der Waals surface area contributed by atoms with E-state index in [1.165, 1.54) is 0 Å². The Morgan fingerprint density at radius 2 is 1.84 bits per heavy atom. The maximum absolute atomic E-state index is 12.1. The Morgan fingerprint density at radius 3 is 2.42 bits per heavy atom. The van der Waals surface area contributed by atoms with Crippen LogP contribution in [-0.4, -0.2) is 12.2 Å². The average Bonchev–Trinajstić information content (AvgIpc) is 2.43. The van der Waals surface area contributed by atoms with Crippen molar-refractivity contribution in [1.29, 1.82) is 0 Å². The summed E-state index contributed by atoms with van der Waals surface area (Å²) >= 11 is 1.65. The van der Waals surface area contributed by atoms with Crippen molar-refractivity contribution in [3.05, 3.63) is 53.6 Å². The maximum Gasteiger partial charge on any atom is 0.255 e. The van der Waals surface area contributed by atoms with Crippen molar-refractivity contribution in [3.63, 3.8) is 0 Å². The molecule has 0 unspecified atom stereocenters. The Hall–Kier alpha value is -1.94. The highest BCUT2D eigenvalue weighted by molar-refractivity contribution is 7.98. The molecule has 0 saturated heterocycles. The summed E-state index contributed by atoms with van der Waals surface area (Å²) in [5.74, 6) is -0.129. The normalized spacial score (nSPS) is 10.2. The van der Waals surface area contributed by atoms with Gasteiger partial charge in [-0.15, -0.1) is 11.8 Å². The quantitative estimate of drug-likeness (QED) is 0.663. The highest BCUT2D eigenvalue weighted by Gasteiger charge is 2.06. The molecule has 3 N–H and O–H groups in total. The molecule has 4 heteroatoms. The number of anilines is 2. The molecular formula is C15H16N2OS. The van der Waals surface area contributed by atoms with Crippen LogP contribution in [0.15, 0.2) is 47.4 Å². The third kappa shape index (κ3) is 3.29. The maximum atomic E-state index is 12.1. The third-order valence-electron chi connectivity index (χ3n) is 2.89. The van der Waals surface area contributed by atoms with Crippen molar-refractivity contribution >= 4 is 29.0 Å². The zero-order valence-electron chi connectivity index (χ0n) is 10.9. The van der Waals surface area contributed by atoms with Crippen LogP contribution in [0.2, 0.25) is 0 Å². The number of amides is 1. The Labute approximate surface area is 117 Å². The van der Waals surface area contributed by atoms with Crippen LogP contribution in [0.1, 0.15) is 15.9 Å². The molecule has 0 aliphatic heterocycles. The topological polar surface area (TPSA) is 55.1 Å². The number of carbonyl (C=O) groups excluding carboxylic acids is 1. The van der Waals surface area contributed by atoms with Gasteiger partial charge in [-0.05, 0) is 55.1 Å². The molecule has 0 spiro atoms. The molecule has 2 aromatic rings. The SMILES string of the molecule is CSc1ccc(C(=O)Nc2ccc(C)c(N)c2)cc1. The largest absolute Gasteiger partial charge is 0.398 e. The number of nitrogens with one attached hydrogen (secondary N) is 1. The Bertz CT molecular complexity index is 594. The highest BCUT2D eigenvalue weighted by Crippen LogP contribution is 2.19. The summed E-state index contributed by atoms with van der Waals surface area (Å²) in [6.07, 6.45) is 2.00. The van der Waals surface area contributed by atoms with Crippen molar-refractivity contribution in [2.75, 3.05) is 17.3 Å². The summed E-state index contributed by atoms with van der Waals surface area (Å²) in [5.41, 5.74) is 8.84. The molecule has 0 fully saturated rings. The van der Waals surface area contributed by atoms with Gasteiger partial charge in [0.15, 0.2) is 0 Å². The molecule has 0 radical (unpaired) electrons. The molecule has 2 aromatic carbocycles. The summed E-state index contributed by atoms with van der Waals surface area (Å²) in [4.78, 5) is 13.2. The molecule has 0 aliphatic carbocycles. The Morgan fingerprint density at radius 1 is 1.16 bits per heavy atom.